The first-order chi connectivity index (χ1) is 12.7. The summed E-state index contributed by atoms with van der Waals surface area (Å²) in [6.45, 7) is 2.26. The molecule has 1 N–H and O–H groups in total. The summed E-state index contributed by atoms with van der Waals surface area (Å²) in [6, 6.07) is 8.82. The minimum Gasteiger partial charge on any atom is -0.428 e. The first-order valence-electron chi connectivity index (χ1n) is 10.6. The number of unbranched alkanes of at least 4 members (excludes halogenated alkanes) is 11. The van der Waals surface area contributed by atoms with Gasteiger partial charge in [0.15, 0.2) is 5.43 Å². The van der Waals surface area contributed by atoms with E-state index in [0.717, 1.165) is 25.0 Å². The van der Waals surface area contributed by atoms with Gasteiger partial charge in [0.1, 0.15) is 0 Å². The normalized spacial score (nSPS) is 11.3. The van der Waals surface area contributed by atoms with Gasteiger partial charge in [-0.25, -0.2) is 0 Å². The Bertz CT molecular complexity index is 705. The van der Waals surface area contributed by atoms with Crippen LogP contribution in [0.4, 0.5) is 0 Å². The second-order valence-electron chi connectivity index (χ2n) is 7.47. The highest BCUT2D eigenvalue weighted by Gasteiger charge is 2.07. The van der Waals surface area contributed by atoms with Crippen molar-refractivity contribution in [3.05, 3.63) is 46.2 Å². The van der Waals surface area contributed by atoms with Crippen LogP contribution in [0.1, 0.15) is 89.7 Å². The summed E-state index contributed by atoms with van der Waals surface area (Å²) in [7, 11) is 0. The largest absolute Gasteiger partial charge is 0.428 e. The number of fused-ring (bicyclic) bond motifs is 1. The Morgan fingerprint density at radius 1 is 0.808 bits per heavy atom. The fourth-order valence-corrected chi connectivity index (χ4v) is 3.64. The van der Waals surface area contributed by atoms with E-state index in [9.17, 15) is 10.0 Å². The fraction of sp³-hybridized carbons (Fsp3) is 0.609. The van der Waals surface area contributed by atoms with Gasteiger partial charge in [-0.2, -0.15) is 4.73 Å². The molecule has 0 spiro atoms. The van der Waals surface area contributed by atoms with Crippen molar-refractivity contribution in [2.45, 2.75) is 90.4 Å². The third-order valence-corrected chi connectivity index (χ3v) is 5.25. The predicted molar refractivity (Wildman–Crippen MR) is 110 cm³/mol. The molecule has 0 saturated heterocycles. The minimum absolute atomic E-state index is 0.000151. The van der Waals surface area contributed by atoms with Crippen LogP contribution in [-0.2, 0) is 6.42 Å². The predicted octanol–water partition coefficient (Wildman–Crippen LogP) is 6.48. The third kappa shape index (κ3) is 6.51. The molecule has 0 aliphatic carbocycles. The molecule has 0 amide bonds. The molecule has 0 saturated carbocycles. The standard InChI is InChI=1S/C23H35NO2/c1-2-3-4-5-6-7-8-9-10-11-12-13-16-20-19-23(25)21-17-14-15-18-22(21)24(20)26/h14-15,17-19,26H,2-13,16H2,1H3. The summed E-state index contributed by atoms with van der Waals surface area (Å²) in [5, 5.41) is 10.9. The average Bonchev–Trinajstić information content (AvgIpc) is 2.66. The van der Waals surface area contributed by atoms with Gasteiger partial charge in [-0.1, -0.05) is 89.7 Å². The van der Waals surface area contributed by atoms with Crippen LogP contribution < -0.4 is 5.43 Å². The molecule has 3 nitrogen and oxygen atoms in total. The van der Waals surface area contributed by atoms with Crippen LogP contribution in [0.3, 0.4) is 0 Å². The molecule has 0 radical (unpaired) electrons. The SMILES string of the molecule is CCCCCCCCCCCCCCc1cc(=O)c2ccccc2n1O. The van der Waals surface area contributed by atoms with Gasteiger partial charge < -0.3 is 5.21 Å². The Balaban J connectivity index is 1.60. The van der Waals surface area contributed by atoms with E-state index in [1.54, 1.807) is 18.2 Å². The number of rotatable bonds is 13. The van der Waals surface area contributed by atoms with E-state index in [-0.39, 0.29) is 5.43 Å². The summed E-state index contributed by atoms with van der Waals surface area (Å²) < 4.78 is 1.19. The van der Waals surface area contributed by atoms with Crippen LogP contribution >= 0.6 is 0 Å². The first-order valence-corrected chi connectivity index (χ1v) is 10.6. The lowest BCUT2D eigenvalue weighted by Crippen LogP contribution is -2.12. The molecular weight excluding hydrogens is 322 g/mol. The topological polar surface area (TPSA) is 42.2 Å². The van der Waals surface area contributed by atoms with Gasteiger partial charge in [-0.3, -0.25) is 4.79 Å². The second-order valence-corrected chi connectivity index (χ2v) is 7.47. The summed E-state index contributed by atoms with van der Waals surface area (Å²) in [5.41, 5.74) is 1.33. The maximum atomic E-state index is 12.1. The van der Waals surface area contributed by atoms with E-state index in [1.807, 2.05) is 12.1 Å². The zero-order chi connectivity index (χ0) is 18.6. The molecule has 3 heteroatoms. The average molecular weight is 358 g/mol. The molecule has 1 heterocycles. The molecule has 0 aliphatic heterocycles. The van der Waals surface area contributed by atoms with Gasteiger partial charge in [-0.15, -0.1) is 0 Å². The Morgan fingerprint density at radius 3 is 1.96 bits per heavy atom. The van der Waals surface area contributed by atoms with Crippen LogP contribution in [0.15, 0.2) is 35.1 Å². The molecule has 144 valence electrons. The lowest BCUT2D eigenvalue weighted by atomic mass is 10.0. The van der Waals surface area contributed by atoms with Crippen molar-refractivity contribution in [3.63, 3.8) is 0 Å². The Morgan fingerprint density at radius 2 is 1.35 bits per heavy atom. The lowest BCUT2D eigenvalue weighted by Gasteiger charge is -2.10. The maximum Gasteiger partial charge on any atom is 0.189 e. The highest BCUT2D eigenvalue weighted by Crippen LogP contribution is 2.15. The first kappa shape index (κ1) is 20.5. The molecule has 0 fully saturated rings. The maximum absolute atomic E-state index is 12.1. The molecule has 0 atom stereocenters. The number of aryl methyl sites for hydroxylation is 1. The van der Waals surface area contributed by atoms with Crippen LogP contribution in [0, 0.1) is 0 Å². The van der Waals surface area contributed by atoms with Crippen LogP contribution in [0.25, 0.3) is 10.9 Å². The molecule has 0 aliphatic rings. The van der Waals surface area contributed by atoms with Gasteiger partial charge in [0, 0.05) is 11.5 Å². The molecular formula is C23H35NO2. The Kier molecular flexibility index (Phi) is 9.30. The smallest absolute Gasteiger partial charge is 0.189 e. The molecule has 1 aromatic heterocycles. The highest BCUT2D eigenvalue weighted by atomic mass is 16.5. The third-order valence-electron chi connectivity index (χ3n) is 5.25. The monoisotopic (exact) mass is 357 g/mol. The molecule has 2 rings (SSSR count). The van der Waals surface area contributed by atoms with Crippen molar-refractivity contribution in [2.24, 2.45) is 0 Å². The van der Waals surface area contributed by atoms with Gasteiger partial charge in [0.05, 0.1) is 11.2 Å². The van der Waals surface area contributed by atoms with E-state index in [0.29, 0.717) is 10.9 Å². The number of hydrogen-bond acceptors (Lipinski definition) is 2. The Hall–Kier alpha value is -1.77. The van der Waals surface area contributed by atoms with Crippen LogP contribution in [0.2, 0.25) is 0 Å². The van der Waals surface area contributed by atoms with Crippen LogP contribution in [-0.4, -0.2) is 9.94 Å². The van der Waals surface area contributed by atoms with E-state index < -0.39 is 0 Å². The summed E-state index contributed by atoms with van der Waals surface area (Å²) in [4.78, 5) is 12.1. The summed E-state index contributed by atoms with van der Waals surface area (Å²) in [6.07, 6.45) is 16.5. The number of pyridine rings is 1. The van der Waals surface area contributed by atoms with E-state index >= 15 is 0 Å². The Labute approximate surface area is 158 Å². The van der Waals surface area contributed by atoms with Crippen molar-refractivity contribution in [3.8, 4) is 0 Å². The summed E-state index contributed by atoms with van der Waals surface area (Å²) in [5.74, 6) is 0. The molecule has 0 bridgehead atoms. The number of hydrogen-bond donors (Lipinski definition) is 1. The molecule has 2 aromatic rings. The van der Waals surface area contributed by atoms with Crippen molar-refractivity contribution >= 4 is 10.9 Å². The number of para-hydroxylation sites is 1. The molecule has 1 aromatic carbocycles. The van der Waals surface area contributed by atoms with Gasteiger partial charge >= 0.3 is 0 Å². The molecule has 0 unspecified atom stereocenters. The minimum atomic E-state index is -0.000151. The summed E-state index contributed by atoms with van der Waals surface area (Å²) >= 11 is 0. The quantitative estimate of drug-likeness (QED) is 0.329. The van der Waals surface area contributed by atoms with Crippen molar-refractivity contribution in [2.75, 3.05) is 0 Å². The van der Waals surface area contributed by atoms with Crippen molar-refractivity contribution in [1.82, 2.24) is 4.73 Å². The second kappa shape index (κ2) is 11.8. The number of aromatic nitrogens is 1. The fourth-order valence-electron chi connectivity index (χ4n) is 3.64. The van der Waals surface area contributed by atoms with Gasteiger partial charge in [0.25, 0.3) is 0 Å². The van der Waals surface area contributed by atoms with Crippen LogP contribution in [0.5, 0.6) is 0 Å². The van der Waals surface area contributed by atoms with E-state index in [1.165, 1.54) is 68.9 Å². The number of nitrogens with zero attached hydrogens (tertiary/aromatic N) is 1. The lowest BCUT2D eigenvalue weighted by molar-refractivity contribution is 0.187. The molecule has 26 heavy (non-hydrogen) atoms. The van der Waals surface area contributed by atoms with E-state index in [2.05, 4.69) is 6.92 Å². The van der Waals surface area contributed by atoms with Crippen molar-refractivity contribution < 1.29 is 5.21 Å². The highest BCUT2D eigenvalue weighted by molar-refractivity contribution is 5.78. The zero-order valence-corrected chi connectivity index (χ0v) is 16.4. The number of benzene rings is 1. The van der Waals surface area contributed by atoms with Gasteiger partial charge in [0.2, 0.25) is 0 Å². The van der Waals surface area contributed by atoms with Gasteiger partial charge in [-0.05, 0) is 25.0 Å². The van der Waals surface area contributed by atoms with E-state index in [4.69, 9.17) is 0 Å². The van der Waals surface area contributed by atoms with Crippen molar-refractivity contribution in [1.29, 1.82) is 0 Å². The zero-order valence-electron chi connectivity index (χ0n) is 16.4.